The first-order chi connectivity index (χ1) is 18.5. The average molecular weight is 577 g/mol. The molecule has 5 rings (SSSR count). The minimum absolute atomic E-state index is 0.0139. The van der Waals surface area contributed by atoms with Gasteiger partial charge in [-0.15, -0.1) is 0 Å². The molecule has 0 radical (unpaired) electrons. The molecule has 0 saturated carbocycles. The fourth-order valence-corrected chi connectivity index (χ4v) is 5.90. The number of nitrogens with zero attached hydrogens (tertiary/aromatic N) is 5. The Morgan fingerprint density at radius 1 is 1.28 bits per heavy atom. The van der Waals surface area contributed by atoms with E-state index in [1.807, 2.05) is 22.9 Å². The van der Waals surface area contributed by atoms with E-state index in [0.29, 0.717) is 22.1 Å². The van der Waals surface area contributed by atoms with Gasteiger partial charge in [-0.3, -0.25) is 19.2 Å². The van der Waals surface area contributed by atoms with Crippen LogP contribution in [0.5, 0.6) is 0 Å². The predicted molar refractivity (Wildman–Crippen MR) is 145 cm³/mol. The zero-order valence-electron chi connectivity index (χ0n) is 20.8. The number of carbonyl (C=O) groups is 2. The molecule has 1 aromatic heterocycles. The van der Waals surface area contributed by atoms with E-state index in [4.69, 9.17) is 17.3 Å². The third-order valence-electron chi connectivity index (χ3n) is 6.75. The normalized spacial score (nSPS) is 19.3. The molecular weight excluding hydrogens is 553 g/mol. The number of amidine groups is 1. The van der Waals surface area contributed by atoms with E-state index >= 15 is 0 Å². The number of rotatable bonds is 6. The second kappa shape index (κ2) is 10.7. The van der Waals surface area contributed by atoms with Crippen LogP contribution < -0.4 is 5.73 Å². The lowest BCUT2D eigenvalue weighted by Gasteiger charge is -2.25. The quantitative estimate of drug-likeness (QED) is 0.442. The molecule has 2 aromatic carbocycles. The summed E-state index contributed by atoms with van der Waals surface area (Å²) in [5.41, 5.74) is 5.96. The second-order valence-corrected chi connectivity index (χ2v) is 10.9. The summed E-state index contributed by atoms with van der Waals surface area (Å²) in [6.45, 7) is 1.53. The summed E-state index contributed by atoms with van der Waals surface area (Å²) >= 11 is 7.08. The first-order valence-corrected chi connectivity index (χ1v) is 13.2. The summed E-state index contributed by atoms with van der Waals surface area (Å²) in [6.07, 6.45) is -0.387. The molecule has 0 bridgehead atoms. The lowest BCUT2D eigenvalue weighted by atomic mass is 10.1. The highest BCUT2D eigenvalue weighted by Gasteiger charge is 2.34. The number of hydrogen-bond acceptors (Lipinski definition) is 6. The Kier molecular flexibility index (Phi) is 7.45. The van der Waals surface area contributed by atoms with E-state index in [2.05, 4.69) is 10.1 Å². The van der Waals surface area contributed by atoms with Gasteiger partial charge in [0.25, 0.3) is 5.91 Å². The van der Waals surface area contributed by atoms with E-state index in [9.17, 15) is 22.8 Å². The van der Waals surface area contributed by atoms with Crippen LogP contribution in [0.2, 0.25) is 5.02 Å². The standard InChI is InChI=1S/C26H24ClF3N6O2S/c1-34(19-6-7-35(13-19)14-23(31)37)25-33-24(38)22(39-25)9-15-2-5-21-17(8-15)11-32-36(21)12-16-3-4-18(27)10-20(16)26(28,29)30/h2-5,8-11,19H,6-7,12-14H2,1H3,(H2,31,37). The van der Waals surface area contributed by atoms with Crippen molar-refractivity contribution in [1.82, 2.24) is 19.6 Å². The Labute approximate surface area is 231 Å². The van der Waals surface area contributed by atoms with Crippen molar-refractivity contribution >= 4 is 57.3 Å². The minimum Gasteiger partial charge on any atom is -0.369 e. The van der Waals surface area contributed by atoms with Crippen LogP contribution in [0.1, 0.15) is 23.1 Å². The Morgan fingerprint density at radius 3 is 2.82 bits per heavy atom. The van der Waals surface area contributed by atoms with Gasteiger partial charge in [-0.2, -0.15) is 23.3 Å². The molecule has 1 fully saturated rings. The number of aromatic nitrogens is 2. The largest absolute Gasteiger partial charge is 0.416 e. The van der Waals surface area contributed by atoms with Gasteiger partial charge in [-0.25, -0.2) is 0 Å². The van der Waals surface area contributed by atoms with Gasteiger partial charge in [0.15, 0.2) is 5.17 Å². The Morgan fingerprint density at radius 2 is 2.08 bits per heavy atom. The van der Waals surface area contributed by atoms with Gasteiger partial charge in [0.2, 0.25) is 5.91 Å². The number of aliphatic imine (C=N–C) groups is 1. The third kappa shape index (κ3) is 5.97. The molecule has 2 aliphatic heterocycles. The van der Waals surface area contributed by atoms with Crippen LogP contribution >= 0.6 is 23.4 Å². The van der Waals surface area contributed by atoms with Crippen molar-refractivity contribution in [3.05, 3.63) is 69.2 Å². The number of amides is 2. The maximum absolute atomic E-state index is 13.5. The van der Waals surface area contributed by atoms with Crippen LogP contribution in [0.3, 0.4) is 0 Å². The van der Waals surface area contributed by atoms with Crippen molar-refractivity contribution in [3.63, 3.8) is 0 Å². The van der Waals surface area contributed by atoms with Gasteiger partial charge < -0.3 is 10.6 Å². The highest BCUT2D eigenvalue weighted by atomic mass is 35.5. The smallest absolute Gasteiger partial charge is 0.369 e. The van der Waals surface area contributed by atoms with E-state index in [1.165, 1.54) is 28.6 Å². The molecule has 2 N–H and O–H groups in total. The van der Waals surface area contributed by atoms with Crippen molar-refractivity contribution in [2.75, 3.05) is 26.7 Å². The fraction of sp³-hybridized carbons (Fsp3) is 0.308. The molecule has 1 saturated heterocycles. The number of alkyl halides is 3. The van der Waals surface area contributed by atoms with Crippen LogP contribution in [0, 0.1) is 0 Å². The van der Waals surface area contributed by atoms with Gasteiger partial charge in [0.1, 0.15) is 0 Å². The summed E-state index contributed by atoms with van der Waals surface area (Å²) < 4.78 is 42.1. The zero-order valence-corrected chi connectivity index (χ0v) is 22.4. The number of thioether (sulfide) groups is 1. The lowest BCUT2D eigenvalue weighted by Crippen LogP contribution is -2.39. The predicted octanol–water partition coefficient (Wildman–Crippen LogP) is 4.22. The topological polar surface area (TPSA) is 96.8 Å². The molecule has 39 heavy (non-hydrogen) atoms. The lowest BCUT2D eigenvalue weighted by molar-refractivity contribution is -0.138. The second-order valence-electron chi connectivity index (χ2n) is 9.48. The van der Waals surface area contributed by atoms with Gasteiger partial charge in [-0.1, -0.05) is 23.7 Å². The Balaban J connectivity index is 1.30. The summed E-state index contributed by atoms with van der Waals surface area (Å²) in [5, 5.41) is 5.62. The number of hydrogen-bond donors (Lipinski definition) is 1. The molecule has 1 atom stereocenters. The van der Waals surface area contributed by atoms with Gasteiger partial charge >= 0.3 is 6.18 Å². The number of primary amides is 1. The van der Waals surface area contributed by atoms with E-state index in [0.717, 1.165) is 30.0 Å². The van der Waals surface area contributed by atoms with E-state index < -0.39 is 11.7 Å². The highest BCUT2D eigenvalue weighted by Crippen LogP contribution is 2.35. The Bertz CT molecular complexity index is 1520. The molecule has 0 spiro atoms. The maximum Gasteiger partial charge on any atom is 0.416 e. The molecule has 2 amide bonds. The van der Waals surface area contributed by atoms with Crippen LogP contribution in [0.25, 0.3) is 17.0 Å². The monoisotopic (exact) mass is 576 g/mol. The molecule has 8 nitrogen and oxygen atoms in total. The molecule has 3 aromatic rings. The zero-order chi connectivity index (χ0) is 27.9. The van der Waals surface area contributed by atoms with E-state index in [-0.39, 0.29) is 41.5 Å². The highest BCUT2D eigenvalue weighted by molar-refractivity contribution is 8.18. The van der Waals surface area contributed by atoms with Gasteiger partial charge in [0.05, 0.1) is 35.3 Å². The molecule has 13 heteroatoms. The average Bonchev–Trinajstić information content (AvgIpc) is 3.58. The summed E-state index contributed by atoms with van der Waals surface area (Å²) in [4.78, 5) is 32.5. The first-order valence-electron chi connectivity index (χ1n) is 12.0. The molecule has 2 aliphatic rings. The molecule has 0 aliphatic carbocycles. The van der Waals surface area contributed by atoms with Crippen LogP contribution in [-0.2, 0) is 22.3 Å². The van der Waals surface area contributed by atoms with Crippen LogP contribution in [0.15, 0.2) is 52.5 Å². The summed E-state index contributed by atoms with van der Waals surface area (Å²) in [6, 6.07) is 9.19. The van der Waals surface area contributed by atoms with Crippen molar-refractivity contribution in [1.29, 1.82) is 0 Å². The number of nitrogens with two attached hydrogens (primary N) is 1. The fourth-order valence-electron chi connectivity index (χ4n) is 4.78. The number of carbonyl (C=O) groups excluding carboxylic acids is 2. The number of likely N-dealkylation sites (tertiary alicyclic amines) is 1. The van der Waals surface area contributed by atoms with Crippen molar-refractivity contribution in [2.24, 2.45) is 10.7 Å². The minimum atomic E-state index is -4.54. The number of likely N-dealkylation sites (N-methyl/N-ethyl adjacent to an activating group) is 1. The molecule has 3 heterocycles. The number of benzene rings is 2. The first kappa shape index (κ1) is 27.2. The number of halogens is 4. The van der Waals surface area contributed by atoms with Crippen molar-refractivity contribution in [2.45, 2.75) is 25.2 Å². The maximum atomic E-state index is 13.5. The third-order valence-corrected chi connectivity index (χ3v) is 8.06. The molecule has 204 valence electrons. The van der Waals surface area contributed by atoms with Gasteiger partial charge in [-0.05, 0) is 59.7 Å². The van der Waals surface area contributed by atoms with Crippen LogP contribution in [0.4, 0.5) is 13.2 Å². The summed E-state index contributed by atoms with van der Waals surface area (Å²) in [5.74, 6) is -0.711. The molecular formula is C26H24ClF3N6O2S. The summed E-state index contributed by atoms with van der Waals surface area (Å²) in [7, 11) is 1.88. The molecule has 1 unspecified atom stereocenters. The Hall–Kier alpha value is -3.35. The SMILES string of the molecule is CN(C1=NC(=O)C(=Cc2ccc3c(cnn3Cc3ccc(Cl)cc3C(F)(F)F)c2)S1)C1CCN(CC(N)=O)C1. The van der Waals surface area contributed by atoms with Crippen LogP contribution in [-0.4, -0.2) is 69.3 Å². The van der Waals surface area contributed by atoms with Crippen molar-refractivity contribution < 1.29 is 22.8 Å². The van der Waals surface area contributed by atoms with Gasteiger partial charge in [0, 0.05) is 36.6 Å². The number of fused-ring (bicyclic) bond motifs is 1. The van der Waals surface area contributed by atoms with E-state index in [1.54, 1.807) is 24.4 Å². The van der Waals surface area contributed by atoms with Crippen molar-refractivity contribution in [3.8, 4) is 0 Å².